The highest BCUT2D eigenvalue weighted by molar-refractivity contribution is 5.98. The van der Waals surface area contributed by atoms with Gasteiger partial charge in [0.1, 0.15) is 11.4 Å². The van der Waals surface area contributed by atoms with Crippen LogP contribution in [-0.2, 0) is 0 Å². The number of aliphatic hydroxyl groups is 1. The molecule has 1 aromatic rings. The van der Waals surface area contributed by atoms with Crippen LogP contribution >= 0.6 is 0 Å². The van der Waals surface area contributed by atoms with Crippen LogP contribution in [0.4, 0.5) is 10.1 Å². The molecule has 1 fully saturated rings. The number of benzene rings is 1. The van der Waals surface area contributed by atoms with Crippen LogP contribution in [0, 0.1) is 21.3 Å². The average Bonchev–Trinajstić information content (AvgIpc) is 2.37. The quantitative estimate of drug-likeness (QED) is 0.651. The Kier molecular flexibility index (Phi) is 3.47. The number of hydrogen-bond donors (Lipinski definition) is 2. The summed E-state index contributed by atoms with van der Waals surface area (Å²) in [6.07, 6.45) is -0.155. The van der Waals surface area contributed by atoms with Gasteiger partial charge in [-0.05, 0) is 18.6 Å². The standard InChI is InChI=1S/C13H15FN2O4/c1-13(2)10(6-11(13)17)15-12(18)8-5-7(14)3-4-9(8)16(19)20/h3-5,10-11,17H,6H2,1-2H3,(H,15,18). The van der Waals surface area contributed by atoms with Crippen molar-refractivity contribution in [2.75, 3.05) is 0 Å². The number of amides is 1. The monoisotopic (exact) mass is 282 g/mol. The van der Waals surface area contributed by atoms with E-state index in [9.17, 15) is 24.4 Å². The predicted molar refractivity (Wildman–Crippen MR) is 68.7 cm³/mol. The van der Waals surface area contributed by atoms with Crippen LogP contribution in [0.3, 0.4) is 0 Å². The second kappa shape index (κ2) is 4.82. The van der Waals surface area contributed by atoms with Crippen molar-refractivity contribution < 1.29 is 19.2 Å². The van der Waals surface area contributed by atoms with E-state index >= 15 is 0 Å². The molecule has 1 saturated carbocycles. The highest BCUT2D eigenvalue weighted by atomic mass is 19.1. The lowest BCUT2D eigenvalue weighted by Gasteiger charge is -2.49. The highest BCUT2D eigenvalue weighted by Gasteiger charge is 2.48. The van der Waals surface area contributed by atoms with Gasteiger partial charge >= 0.3 is 0 Å². The molecule has 2 N–H and O–H groups in total. The second-order valence-corrected chi connectivity index (χ2v) is 5.52. The fraction of sp³-hybridized carbons (Fsp3) is 0.462. The van der Waals surface area contributed by atoms with Crippen molar-refractivity contribution in [2.24, 2.45) is 5.41 Å². The molecule has 2 atom stereocenters. The minimum absolute atomic E-state index is 0.298. The average molecular weight is 282 g/mol. The SMILES string of the molecule is CC1(C)C(O)CC1NC(=O)c1cc(F)ccc1[N+](=O)[O-]. The minimum atomic E-state index is -0.727. The Hall–Kier alpha value is -2.02. The van der Waals surface area contributed by atoms with E-state index < -0.39 is 33.9 Å². The predicted octanol–water partition coefficient (Wildman–Crippen LogP) is 1.62. The summed E-state index contributed by atoms with van der Waals surface area (Å²) in [5.41, 5.74) is -1.26. The summed E-state index contributed by atoms with van der Waals surface area (Å²) in [5.74, 6) is -1.42. The molecular weight excluding hydrogens is 267 g/mol. The van der Waals surface area contributed by atoms with Crippen molar-refractivity contribution in [3.05, 3.63) is 39.7 Å². The van der Waals surface area contributed by atoms with Crippen LogP contribution in [0.15, 0.2) is 18.2 Å². The first-order valence-electron chi connectivity index (χ1n) is 6.16. The molecule has 1 aliphatic carbocycles. The van der Waals surface area contributed by atoms with Gasteiger partial charge in [-0.2, -0.15) is 0 Å². The highest BCUT2D eigenvalue weighted by Crippen LogP contribution is 2.40. The summed E-state index contributed by atoms with van der Waals surface area (Å²) in [4.78, 5) is 22.2. The molecule has 0 bridgehead atoms. The maximum atomic E-state index is 13.2. The largest absolute Gasteiger partial charge is 0.392 e. The number of nitro groups is 1. The Morgan fingerprint density at radius 3 is 2.70 bits per heavy atom. The third-order valence-corrected chi connectivity index (χ3v) is 3.92. The lowest BCUT2D eigenvalue weighted by atomic mass is 9.64. The summed E-state index contributed by atoms with van der Waals surface area (Å²) < 4.78 is 13.2. The van der Waals surface area contributed by atoms with Crippen molar-refractivity contribution in [1.29, 1.82) is 0 Å². The molecule has 1 aromatic carbocycles. The molecule has 2 unspecified atom stereocenters. The normalized spacial score (nSPS) is 23.8. The van der Waals surface area contributed by atoms with E-state index in [0.717, 1.165) is 18.2 Å². The number of nitrogens with zero attached hydrogens (tertiary/aromatic N) is 1. The molecule has 0 saturated heterocycles. The van der Waals surface area contributed by atoms with Gasteiger partial charge in [0.05, 0.1) is 11.0 Å². The fourth-order valence-corrected chi connectivity index (χ4v) is 2.23. The minimum Gasteiger partial charge on any atom is -0.392 e. The van der Waals surface area contributed by atoms with E-state index in [1.807, 2.05) is 0 Å². The molecule has 1 aliphatic rings. The van der Waals surface area contributed by atoms with E-state index in [-0.39, 0.29) is 11.6 Å². The Balaban J connectivity index is 2.22. The molecule has 0 aromatic heterocycles. The first kappa shape index (κ1) is 14.4. The summed E-state index contributed by atoms with van der Waals surface area (Å²) >= 11 is 0. The zero-order chi connectivity index (χ0) is 15.1. The summed E-state index contributed by atoms with van der Waals surface area (Å²) in [6, 6.07) is 2.44. The van der Waals surface area contributed by atoms with Crippen LogP contribution in [0.2, 0.25) is 0 Å². The van der Waals surface area contributed by atoms with E-state index in [1.54, 1.807) is 13.8 Å². The molecule has 0 heterocycles. The van der Waals surface area contributed by atoms with E-state index in [1.165, 1.54) is 0 Å². The van der Waals surface area contributed by atoms with Crippen molar-refractivity contribution in [2.45, 2.75) is 32.4 Å². The van der Waals surface area contributed by atoms with Gasteiger partial charge in [-0.25, -0.2) is 4.39 Å². The summed E-state index contributed by atoms with van der Waals surface area (Å²) in [6.45, 7) is 3.57. The van der Waals surface area contributed by atoms with Crippen LogP contribution in [-0.4, -0.2) is 28.1 Å². The molecule has 0 radical (unpaired) electrons. The van der Waals surface area contributed by atoms with Gasteiger partial charge in [-0.1, -0.05) is 13.8 Å². The van der Waals surface area contributed by atoms with Gasteiger partial charge in [-0.3, -0.25) is 14.9 Å². The Labute approximate surface area is 114 Å². The first-order valence-corrected chi connectivity index (χ1v) is 6.16. The number of nitrogens with one attached hydrogen (secondary N) is 1. The molecule has 108 valence electrons. The zero-order valence-electron chi connectivity index (χ0n) is 11.1. The van der Waals surface area contributed by atoms with Crippen molar-refractivity contribution in [3.8, 4) is 0 Å². The fourth-order valence-electron chi connectivity index (χ4n) is 2.23. The number of hydrogen-bond acceptors (Lipinski definition) is 4. The Morgan fingerprint density at radius 1 is 1.55 bits per heavy atom. The van der Waals surface area contributed by atoms with E-state index in [4.69, 9.17) is 0 Å². The maximum absolute atomic E-state index is 13.2. The van der Waals surface area contributed by atoms with Crippen LogP contribution in [0.5, 0.6) is 0 Å². The van der Waals surface area contributed by atoms with Gasteiger partial charge in [0.15, 0.2) is 0 Å². The van der Waals surface area contributed by atoms with E-state index in [0.29, 0.717) is 6.42 Å². The van der Waals surface area contributed by atoms with Gasteiger partial charge in [-0.15, -0.1) is 0 Å². The topological polar surface area (TPSA) is 92.5 Å². The third kappa shape index (κ3) is 2.36. The lowest BCUT2D eigenvalue weighted by molar-refractivity contribution is -0.385. The van der Waals surface area contributed by atoms with Crippen LogP contribution in [0.25, 0.3) is 0 Å². The molecule has 2 rings (SSSR count). The van der Waals surface area contributed by atoms with Gasteiger partial charge in [0, 0.05) is 17.5 Å². The van der Waals surface area contributed by atoms with Gasteiger partial charge in [0.2, 0.25) is 0 Å². The maximum Gasteiger partial charge on any atom is 0.282 e. The van der Waals surface area contributed by atoms with Gasteiger partial charge in [0.25, 0.3) is 11.6 Å². The van der Waals surface area contributed by atoms with Gasteiger partial charge < -0.3 is 10.4 Å². The van der Waals surface area contributed by atoms with Crippen LogP contribution in [0.1, 0.15) is 30.6 Å². The number of carbonyl (C=O) groups excluding carboxylic acids is 1. The molecule has 0 spiro atoms. The number of aliphatic hydroxyl groups excluding tert-OH is 1. The second-order valence-electron chi connectivity index (χ2n) is 5.52. The zero-order valence-corrected chi connectivity index (χ0v) is 11.1. The van der Waals surface area contributed by atoms with E-state index in [2.05, 4.69) is 5.32 Å². The first-order chi connectivity index (χ1) is 9.23. The van der Waals surface area contributed by atoms with Crippen molar-refractivity contribution in [1.82, 2.24) is 5.32 Å². The van der Waals surface area contributed by atoms with Crippen LogP contribution < -0.4 is 5.32 Å². The summed E-state index contributed by atoms with van der Waals surface area (Å²) in [7, 11) is 0. The molecule has 7 heteroatoms. The number of halogens is 1. The molecule has 6 nitrogen and oxygen atoms in total. The van der Waals surface area contributed by atoms with Crippen molar-refractivity contribution >= 4 is 11.6 Å². The molecule has 20 heavy (non-hydrogen) atoms. The Morgan fingerprint density at radius 2 is 2.20 bits per heavy atom. The smallest absolute Gasteiger partial charge is 0.282 e. The third-order valence-electron chi connectivity index (χ3n) is 3.92. The number of carbonyl (C=O) groups is 1. The molecule has 1 amide bonds. The number of rotatable bonds is 3. The van der Waals surface area contributed by atoms with Crippen molar-refractivity contribution in [3.63, 3.8) is 0 Å². The summed E-state index contributed by atoms with van der Waals surface area (Å²) in [5, 5.41) is 23.1. The Bertz CT molecular complexity index is 573. The number of nitro benzene ring substituents is 1. The molecule has 0 aliphatic heterocycles. The molecular formula is C13H15FN2O4. The lowest BCUT2D eigenvalue weighted by Crippen LogP contribution is -2.61.